The molecule has 2 heterocycles. The molecule has 0 aliphatic carbocycles. The Morgan fingerprint density at radius 1 is 1.24 bits per heavy atom. The van der Waals surface area contributed by atoms with Crippen LogP contribution in [0.15, 0.2) is 41.6 Å². The van der Waals surface area contributed by atoms with E-state index in [2.05, 4.69) is 4.98 Å². The lowest BCUT2D eigenvalue weighted by atomic mass is 9.85. The molecular formula is C19H19Cl2N3O4S. The van der Waals surface area contributed by atoms with Gasteiger partial charge in [0.25, 0.3) is 15.9 Å². The zero-order valence-electron chi connectivity index (χ0n) is 15.8. The van der Waals surface area contributed by atoms with Gasteiger partial charge in [-0.1, -0.05) is 35.3 Å². The van der Waals surface area contributed by atoms with Crippen molar-refractivity contribution in [1.29, 1.82) is 0 Å². The van der Waals surface area contributed by atoms with E-state index in [1.165, 1.54) is 30.2 Å². The fraction of sp³-hybridized carbons (Fsp3) is 0.316. The van der Waals surface area contributed by atoms with Gasteiger partial charge in [-0.05, 0) is 49.6 Å². The molecule has 1 fully saturated rings. The summed E-state index contributed by atoms with van der Waals surface area (Å²) in [4.78, 5) is 30.6. The number of nitrogens with zero attached hydrogens (tertiary/aromatic N) is 2. The molecule has 29 heavy (non-hydrogen) atoms. The first-order chi connectivity index (χ1) is 13.5. The quantitative estimate of drug-likeness (QED) is 0.747. The molecular weight excluding hydrogens is 437 g/mol. The molecule has 0 bridgehead atoms. The number of rotatable bonds is 5. The molecule has 1 aliphatic heterocycles. The molecule has 1 unspecified atom stereocenters. The van der Waals surface area contributed by atoms with Gasteiger partial charge in [0.05, 0.1) is 6.42 Å². The minimum atomic E-state index is -4.14. The van der Waals surface area contributed by atoms with Gasteiger partial charge in [0, 0.05) is 22.8 Å². The Kier molecular flexibility index (Phi) is 5.89. The second-order valence-electron chi connectivity index (χ2n) is 7.09. The molecule has 7 nitrogen and oxygen atoms in total. The van der Waals surface area contributed by atoms with Gasteiger partial charge in [-0.25, -0.2) is 9.71 Å². The van der Waals surface area contributed by atoms with Crippen LogP contribution in [0.2, 0.25) is 10.0 Å². The average molecular weight is 456 g/mol. The number of aromatic nitrogens is 1. The minimum absolute atomic E-state index is 0.0227. The van der Waals surface area contributed by atoms with Gasteiger partial charge in [-0.3, -0.25) is 9.59 Å². The number of hydrogen-bond donors (Lipinski definition) is 1. The summed E-state index contributed by atoms with van der Waals surface area (Å²) in [5, 5.41) is 0.546. The first-order valence-corrected chi connectivity index (χ1v) is 11.0. The van der Waals surface area contributed by atoms with Crippen molar-refractivity contribution in [1.82, 2.24) is 14.6 Å². The third-order valence-electron chi connectivity index (χ3n) is 4.95. The molecule has 1 saturated heterocycles. The van der Waals surface area contributed by atoms with E-state index in [0.29, 0.717) is 28.6 Å². The molecule has 1 atom stereocenters. The maximum Gasteiger partial charge on any atom is 0.281 e. The second kappa shape index (κ2) is 7.93. The number of likely N-dealkylation sites (tertiary alicyclic amines) is 1. The highest BCUT2D eigenvalue weighted by Gasteiger charge is 2.50. The predicted octanol–water partition coefficient (Wildman–Crippen LogP) is 2.74. The van der Waals surface area contributed by atoms with Crippen LogP contribution in [0.4, 0.5) is 0 Å². The Morgan fingerprint density at radius 3 is 2.52 bits per heavy atom. The van der Waals surface area contributed by atoms with E-state index in [-0.39, 0.29) is 17.4 Å². The highest BCUT2D eigenvalue weighted by atomic mass is 35.5. The first-order valence-electron chi connectivity index (χ1n) is 8.77. The van der Waals surface area contributed by atoms with Gasteiger partial charge in [0.1, 0.15) is 5.54 Å². The molecule has 3 rings (SSSR count). The fourth-order valence-electron chi connectivity index (χ4n) is 3.02. The molecule has 2 aromatic rings. The van der Waals surface area contributed by atoms with E-state index in [4.69, 9.17) is 23.2 Å². The number of sulfonamides is 1. The third kappa shape index (κ3) is 4.39. The van der Waals surface area contributed by atoms with Crippen molar-refractivity contribution in [3.05, 3.63) is 57.7 Å². The molecule has 0 radical (unpaired) electrons. The zero-order valence-corrected chi connectivity index (χ0v) is 18.1. The number of benzene rings is 1. The van der Waals surface area contributed by atoms with Crippen molar-refractivity contribution in [3.8, 4) is 0 Å². The van der Waals surface area contributed by atoms with Crippen LogP contribution in [0.3, 0.4) is 0 Å². The van der Waals surface area contributed by atoms with Crippen LogP contribution < -0.4 is 4.72 Å². The molecule has 0 spiro atoms. The number of aryl methyl sites for hydroxylation is 1. The number of pyridine rings is 1. The highest BCUT2D eigenvalue weighted by molar-refractivity contribution is 7.90. The summed E-state index contributed by atoms with van der Waals surface area (Å²) in [6.45, 7) is 3.65. The topological polar surface area (TPSA) is 96.4 Å². The standard InChI is InChI=1S/C19H19Cl2N3O4S/c1-12-3-6-16(22-11-12)29(27,28)23-18(26)19(2)7-8-24(19)17(25)9-13-4-5-14(20)10-15(13)21/h3-6,10-11H,7-9H2,1-2H3,(H,23,26). The number of carbonyl (C=O) groups excluding carboxylic acids is 2. The summed E-state index contributed by atoms with van der Waals surface area (Å²) in [6.07, 6.45) is 1.72. The van der Waals surface area contributed by atoms with Crippen LogP contribution in [-0.2, 0) is 26.0 Å². The normalized spacial score (nSPS) is 18.8. The van der Waals surface area contributed by atoms with E-state index in [0.717, 1.165) is 5.56 Å². The van der Waals surface area contributed by atoms with Crippen molar-refractivity contribution >= 4 is 45.0 Å². The highest BCUT2D eigenvalue weighted by Crippen LogP contribution is 2.32. The molecule has 2 amide bonds. The number of amides is 2. The molecule has 154 valence electrons. The molecule has 1 aromatic heterocycles. The molecule has 1 aromatic carbocycles. The van der Waals surface area contributed by atoms with Crippen LogP contribution in [-0.4, -0.2) is 42.2 Å². The summed E-state index contributed by atoms with van der Waals surface area (Å²) < 4.78 is 26.9. The van der Waals surface area contributed by atoms with E-state index in [9.17, 15) is 18.0 Å². The Bertz CT molecular complexity index is 1070. The molecule has 1 aliphatic rings. The van der Waals surface area contributed by atoms with Gasteiger partial charge in [-0.2, -0.15) is 8.42 Å². The lowest BCUT2D eigenvalue weighted by Gasteiger charge is -2.49. The smallest absolute Gasteiger partial charge is 0.281 e. The van der Waals surface area contributed by atoms with Crippen molar-refractivity contribution in [3.63, 3.8) is 0 Å². The molecule has 10 heteroatoms. The van der Waals surface area contributed by atoms with Crippen LogP contribution in [0.1, 0.15) is 24.5 Å². The predicted molar refractivity (Wildman–Crippen MR) is 109 cm³/mol. The van der Waals surface area contributed by atoms with Crippen LogP contribution in [0.5, 0.6) is 0 Å². The lowest BCUT2D eigenvalue weighted by Crippen LogP contribution is -2.68. The summed E-state index contributed by atoms with van der Waals surface area (Å²) >= 11 is 12.0. The maximum absolute atomic E-state index is 12.7. The summed E-state index contributed by atoms with van der Waals surface area (Å²) in [5.74, 6) is -1.11. The number of nitrogens with one attached hydrogen (secondary N) is 1. The van der Waals surface area contributed by atoms with Gasteiger partial charge in [0.15, 0.2) is 5.03 Å². The molecule has 0 saturated carbocycles. The van der Waals surface area contributed by atoms with E-state index < -0.39 is 21.5 Å². The van der Waals surface area contributed by atoms with Gasteiger partial charge >= 0.3 is 0 Å². The molecule has 1 N–H and O–H groups in total. The van der Waals surface area contributed by atoms with Crippen molar-refractivity contribution in [2.45, 2.75) is 37.3 Å². The van der Waals surface area contributed by atoms with Gasteiger partial charge < -0.3 is 4.90 Å². The number of hydrogen-bond acceptors (Lipinski definition) is 5. The number of halogens is 2. The van der Waals surface area contributed by atoms with Crippen molar-refractivity contribution in [2.24, 2.45) is 0 Å². The summed E-state index contributed by atoms with van der Waals surface area (Å²) in [7, 11) is -4.14. The SMILES string of the molecule is Cc1ccc(S(=O)(=O)NC(=O)C2(C)CCN2C(=O)Cc2ccc(Cl)cc2Cl)nc1. The summed E-state index contributed by atoms with van der Waals surface area (Å²) in [6, 6.07) is 7.71. The largest absolute Gasteiger partial charge is 0.328 e. The van der Waals surface area contributed by atoms with Gasteiger partial charge in [0.2, 0.25) is 5.91 Å². The first kappa shape index (κ1) is 21.5. The van der Waals surface area contributed by atoms with E-state index in [1.54, 1.807) is 25.1 Å². The van der Waals surface area contributed by atoms with E-state index in [1.807, 2.05) is 4.72 Å². The second-order valence-corrected chi connectivity index (χ2v) is 9.56. The van der Waals surface area contributed by atoms with Crippen molar-refractivity contribution in [2.75, 3.05) is 6.54 Å². The number of carbonyl (C=O) groups is 2. The zero-order chi connectivity index (χ0) is 21.4. The van der Waals surface area contributed by atoms with Crippen LogP contribution in [0, 0.1) is 6.92 Å². The van der Waals surface area contributed by atoms with Gasteiger partial charge in [-0.15, -0.1) is 0 Å². The Morgan fingerprint density at radius 2 is 1.97 bits per heavy atom. The third-order valence-corrected chi connectivity index (χ3v) is 6.78. The Hall–Kier alpha value is -2.16. The minimum Gasteiger partial charge on any atom is -0.328 e. The maximum atomic E-state index is 12.7. The monoisotopic (exact) mass is 455 g/mol. The van der Waals surface area contributed by atoms with E-state index >= 15 is 0 Å². The van der Waals surface area contributed by atoms with Crippen LogP contribution in [0.25, 0.3) is 0 Å². The lowest BCUT2D eigenvalue weighted by molar-refractivity contribution is -0.156. The Balaban J connectivity index is 1.73. The fourth-order valence-corrected chi connectivity index (χ4v) is 4.50. The van der Waals surface area contributed by atoms with Crippen molar-refractivity contribution < 1.29 is 18.0 Å². The Labute approximate surface area is 179 Å². The average Bonchev–Trinajstić information content (AvgIpc) is 2.62. The van der Waals surface area contributed by atoms with Crippen LogP contribution >= 0.6 is 23.2 Å². The summed E-state index contributed by atoms with van der Waals surface area (Å²) in [5.41, 5.74) is 0.0966.